The molecule has 1 aromatic rings. The fourth-order valence-corrected chi connectivity index (χ4v) is 4.80. The van der Waals surface area contributed by atoms with Crippen LogP contribution in [0.15, 0.2) is 29.2 Å². The van der Waals surface area contributed by atoms with Gasteiger partial charge >= 0.3 is 0 Å². The van der Waals surface area contributed by atoms with Crippen molar-refractivity contribution in [2.75, 3.05) is 32.7 Å². The van der Waals surface area contributed by atoms with Crippen LogP contribution in [-0.4, -0.2) is 62.3 Å². The number of rotatable bonds is 7. The van der Waals surface area contributed by atoms with E-state index in [4.69, 9.17) is 0 Å². The van der Waals surface area contributed by atoms with Gasteiger partial charge in [-0.25, -0.2) is 8.42 Å². The third-order valence-electron chi connectivity index (χ3n) is 5.41. The Hall–Kier alpha value is -1.44. The van der Waals surface area contributed by atoms with Crippen molar-refractivity contribution in [3.05, 3.63) is 29.8 Å². The minimum absolute atomic E-state index is 0.0109. The molecule has 0 bridgehead atoms. The molecule has 28 heavy (non-hydrogen) atoms. The molecule has 1 aliphatic rings. The molecule has 1 aromatic carbocycles. The van der Waals surface area contributed by atoms with Crippen LogP contribution >= 0.6 is 0 Å². The maximum Gasteiger partial charge on any atom is 0.243 e. The van der Waals surface area contributed by atoms with Crippen LogP contribution in [0.3, 0.4) is 0 Å². The molecule has 1 amide bonds. The number of carbonyl (C=O) groups is 1. The van der Waals surface area contributed by atoms with E-state index in [-0.39, 0.29) is 17.4 Å². The number of benzene rings is 1. The Morgan fingerprint density at radius 1 is 1.04 bits per heavy atom. The fraction of sp³-hybridized carbons (Fsp3) is 0.667. The van der Waals surface area contributed by atoms with Crippen molar-refractivity contribution < 1.29 is 13.2 Å². The summed E-state index contributed by atoms with van der Waals surface area (Å²) in [6.07, 6.45) is 1.84. The van der Waals surface area contributed by atoms with Crippen molar-refractivity contribution in [2.24, 2.45) is 0 Å². The van der Waals surface area contributed by atoms with Gasteiger partial charge in [0.25, 0.3) is 0 Å². The van der Waals surface area contributed by atoms with Crippen LogP contribution in [0.1, 0.15) is 53.0 Å². The Kier molecular flexibility index (Phi) is 7.65. The first-order valence-corrected chi connectivity index (χ1v) is 11.6. The van der Waals surface area contributed by atoms with Crippen molar-refractivity contribution in [1.82, 2.24) is 14.5 Å². The molecule has 0 unspecified atom stereocenters. The van der Waals surface area contributed by atoms with Gasteiger partial charge in [-0.15, -0.1) is 0 Å². The number of hydrogen-bond acceptors (Lipinski definition) is 4. The average molecular weight is 410 g/mol. The van der Waals surface area contributed by atoms with Gasteiger partial charge in [0.05, 0.1) is 11.4 Å². The van der Waals surface area contributed by atoms with Gasteiger partial charge in [-0.05, 0) is 36.0 Å². The molecular formula is C21H35N3O3S. The van der Waals surface area contributed by atoms with E-state index in [1.54, 1.807) is 12.1 Å². The van der Waals surface area contributed by atoms with Gasteiger partial charge < -0.3 is 5.32 Å². The molecule has 158 valence electrons. The highest BCUT2D eigenvalue weighted by atomic mass is 32.2. The molecule has 0 atom stereocenters. The van der Waals surface area contributed by atoms with Crippen LogP contribution in [-0.2, 0) is 20.2 Å². The number of amides is 1. The van der Waals surface area contributed by atoms with E-state index in [0.29, 0.717) is 37.6 Å². The van der Waals surface area contributed by atoms with Gasteiger partial charge in [0, 0.05) is 32.2 Å². The summed E-state index contributed by atoms with van der Waals surface area (Å²) in [5.74, 6) is 0.0165. The third kappa shape index (κ3) is 5.78. The second-order valence-electron chi connectivity index (χ2n) is 8.54. The summed E-state index contributed by atoms with van der Waals surface area (Å²) in [6.45, 7) is 12.7. The first-order valence-electron chi connectivity index (χ1n) is 10.2. The summed E-state index contributed by atoms with van der Waals surface area (Å²) in [5, 5.41) is 3.04. The van der Waals surface area contributed by atoms with E-state index in [1.165, 1.54) is 4.31 Å². The smallest absolute Gasteiger partial charge is 0.243 e. The molecule has 1 aliphatic heterocycles. The second-order valence-corrected chi connectivity index (χ2v) is 10.5. The topological polar surface area (TPSA) is 69.7 Å². The average Bonchev–Trinajstić information content (AvgIpc) is 2.66. The Morgan fingerprint density at radius 2 is 1.57 bits per heavy atom. The molecule has 0 radical (unpaired) electrons. The van der Waals surface area contributed by atoms with E-state index < -0.39 is 10.0 Å². The minimum atomic E-state index is -3.50. The molecule has 6 nitrogen and oxygen atoms in total. The molecule has 1 N–H and O–H groups in total. The summed E-state index contributed by atoms with van der Waals surface area (Å²) in [5.41, 5.74) is 1.10. The van der Waals surface area contributed by atoms with Gasteiger partial charge in [-0.1, -0.05) is 46.8 Å². The highest BCUT2D eigenvalue weighted by Crippen LogP contribution is 2.25. The predicted molar refractivity (Wildman–Crippen MR) is 113 cm³/mol. The lowest BCUT2D eigenvalue weighted by molar-refractivity contribution is -0.123. The second kappa shape index (κ2) is 9.37. The van der Waals surface area contributed by atoms with Crippen molar-refractivity contribution in [3.63, 3.8) is 0 Å². The fourth-order valence-electron chi connectivity index (χ4n) is 3.37. The summed E-state index contributed by atoms with van der Waals surface area (Å²) in [7, 11) is -3.50. The maximum atomic E-state index is 12.9. The van der Waals surface area contributed by atoms with Crippen molar-refractivity contribution in [3.8, 4) is 0 Å². The van der Waals surface area contributed by atoms with Gasteiger partial charge in [-0.2, -0.15) is 4.31 Å². The first kappa shape index (κ1) is 22.8. The van der Waals surface area contributed by atoms with Crippen molar-refractivity contribution >= 4 is 15.9 Å². The van der Waals surface area contributed by atoms with E-state index in [9.17, 15) is 13.2 Å². The quantitative estimate of drug-likeness (QED) is 0.752. The van der Waals surface area contributed by atoms with Crippen LogP contribution in [0, 0.1) is 0 Å². The molecular weight excluding hydrogens is 374 g/mol. The van der Waals surface area contributed by atoms with E-state index >= 15 is 0 Å². The maximum absolute atomic E-state index is 12.9. The number of carbonyl (C=O) groups excluding carboxylic acids is 1. The number of piperazine rings is 1. The Morgan fingerprint density at radius 3 is 2.04 bits per heavy atom. The van der Waals surface area contributed by atoms with Gasteiger partial charge in [0.15, 0.2) is 0 Å². The van der Waals surface area contributed by atoms with E-state index in [0.717, 1.165) is 18.4 Å². The predicted octanol–water partition coefficient (Wildman–Crippen LogP) is 2.60. The monoisotopic (exact) mass is 409 g/mol. The largest absolute Gasteiger partial charge is 0.352 e. The summed E-state index contributed by atoms with van der Waals surface area (Å²) in [6, 6.07) is 7.40. The van der Waals surface area contributed by atoms with Crippen LogP contribution in [0.5, 0.6) is 0 Å². The SMILES string of the molecule is CCC(CC)NC(=O)CN1CCN(S(=O)(=O)c2ccc(C(C)(C)C)cc2)CC1. The molecule has 1 saturated heterocycles. The summed E-state index contributed by atoms with van der Waals surface area (Å²) < 4.78 is 27.4. The van der Waals surface area contributed by atoms with Gasteiger partial charge in [0.2, 0.25) is 15.9 Å². The van der Waals surface area contributed by atoms with Crippen molar-refractivity contribution in [2.45, 2.75) is 63.8 Å². The Labute approximate surface area is 170 Å². The number of nitrogens with zero attached hydrogens (tertiary/aromatic N) is 2. The zero-order chi connectivity index (χ0) is 20.9. The molecule has 0 saturated carbocycles. The van der Waals surface area contributed by atoms with Crippen molar-refractivity contribution in [1.29, 1.82) is 0 Å². The Balaban J connectivity index is 1.94. The van der Waals surface area contributed by atoms with E-state index in [1.807, 2.05) is 17.0 Å². The molecule has 1 fully saturated rings. The first-order chi connectivity index (χ1) is 13.1. The van der Waals surface area contributed by atoms with Gasteiger partial charge in [-0.3, -0.25) is 9.69 Å². The van der Waals surface area contributed by atoms with E-state index in [2.05, 4.69) is 39.9 Å². The number of sulfonamides is 1. The summed E-state index contributed by atoms with van der Waals surface area (Å²) in [4.78, 5) is 14.5. The highest BCUT2D eigenvalue weighted by Gasteiger charge is 2.29. The number of nitrogens with one attached hydrogen (secondary N) is 1. The molecule has 7 heteroatoms. The molecule has 1 heterocycles. The standard InChI is InChI=1S/C21H35N3O3S/c1-6-18(7-2)22-20(25)16-23-12-14-24(15-13-23)28(26,27)19-10-8-17(9-11-19)21(3,4)5/h8-11,18H,6-7,12-16H2,1-5H3,(H,22,25). The highest BCUT2D eigenvalue weighted by molar-refractivity contribution is 7.89. The lowest BCUT2D eigenvalue weighted by Crippen LogP contribution is -2.51. The normalized spacial score (nSPS) is 17.1. The van der Waals surface area contributed by atoms with Crippen LogP contribution in [0.25, 0.3) is 0 Å². The zero-order valence-electron chi connectivity index (χ0n) is 17.9. The summed E-state index contributed by atoms with van der Waals surface area (Å²) >= 11 is 0. The minimum Gasteiger partial charge on any atom is -0.352 e. The van der Waals surface area contributed by atoms with Gasteiger partial charge in [0.1, 0.15) is 0 Å². The molecule has 0 aromatic heterocycles. The molecule has 0 aliphatic carbocycles. The Bertz CT molecular complexity index is 742. The van der Waals surface area contributed by atoms with Crippen LogP contribution in [0.2, 0.25) is 0 Å². The van der Waals surface area contributed by atoms with Crippen LogP contribution in [0.4, 0.5) is 0 Å². The number of hydrogen-bond donors (Lipinski definition) is 1. The lowest BCUT2D eigenvalue weighted by Gasteiger charge is -2.33. The molecule has 2 rings (SSSR count). The zero-order valence-corrected chi connectivity index (χ0v) is 18.7. The lowest BCUT2D eigenvalue weighted by atomic mass is 9.87. The van der Waals surface area contributed by atoms with Crippen LogP contribution < -0.4 is 5.32 Å². The third-order valence-corrected chi connectivity index (χ3v) is 7.32. The molecule has 0 spiro atoms.